The maximum Gasteiger partial charge on any atom is 0.230 e. The molecular formula is C8H10N2OS3. The molecule has 0 aromatic carbocycles. The molecular weight excluding hydrogens is 236 g/mol. The van der Waals surface area contributed by atoms with E-state index in [0.29, 0.717) is 6.42 Å². The summed E-state index contributed by atoms with van der Waals surface area (Å²) >= 11 is 3.66. The van der Waals surface area contributed by atoms with Crippen molar-refractivity contribution < 1.29 is 4.79 Å². The molecule has 0 radical (unpaired) electrons. The average Bonchev–Trinajstić information content (AvgIpc) is 2.25. The van der Waals surface area contributed by atoms with Crippen LogP contribution in [-0.2, 0) is 4.79 Å². The van der Waals surface area contributed by atoms with Gasteiger partial charge in [-0.3, -0.25) is 4.79 Å². The van der Waals surface area contributed by atoms with Gasteiger partial charge in [0.25, 0.3) is 0 Å². The van der Waals surface area contributed by atoms with E-state index in [0.717, 1.165) is 10.8 Å². The summed E-state index contributed by atoms with van der Waals surface area (Å²) in [4.78, 5) is 14.9. The third-order valence-corrected chi connectivity index (χ3v) is 3.84. The third kappa shape index (κ3) is 4.78. The number of aromatic nitrogens is 1. The van der Waals surface area contributed by atoms with Gasteiger partial charge in [-0.2, -0.15) is 0 Å². The fourth-order valence-corrected chi connectivity index (χ4v) is 2.67. The molecule has 6 heteroatoms. The molecule has 0 fully saturated rings. The van der Waals surface area contributed by atoms with Gasteiger partial charge in [-0.1, -0.05) is 29.7 Å². The first-order chi connectivity index (χ1) is 6.83. The van der Waals surface area contributed by atoms with Gasteiger partial charge in [-0.25, -0.2) is 4.98 Å². The topological polar surface area (TPSA) is 42.0 Å². The van der Waals surface area contributed by atoms with Gasteiger partial charge < -0.3 is 4.72 Å². The highest BCUT2D eigenvalue weighted by Gasteiger charge is 1.99. The van der Waals surface area contributed by atoms with Gasteiger partial charge in [0.1, 0.15) is 5.03 Å². The smallest absolute Gasteiger partial charge is 0.230 e. The molecule has 3 nitrogen and oxygen atoms in total. The largest absolute Gasteiger partial charge is 0.303 e. The molecule has 1 aromatic rings. The van der Waals surface area contributed by atoms with Crippen LogP contribution >= 0.6 is 34.4 Å². The standard InChI is InChI=1S/C8H10N2OS3/c11-7(10-12)4-6-13-14-8-3-1-2-5-9-8/h1-3,5,12H,4,6H2,(H,10,11). The summed E-state index contributed by atoms with van der Waals surface area (Å²) in [7, 11) is 3.18. The summed E-state index contributed by atoms with van der Waals surface area (Å²) in [5.41, 5.74) is 0. The van der Waals surface area contributed by atoms with Crippen LogP contribution in [0, 0.1) is 0 Å². The number of hydrogen-bond donors (Lipinski definition) is 2. The first-order valence-corrected chi connectivity index (χ1v) is 6.73. The Bertz CT molecular complexity index is 281. The van der Waals surface area contributed by atoms with E-state index in [1.165, 1.54) is 0 Å². The Hall–Kier alpha value is -0.330. The monoisotopic (exact) mass is 246 g/mol. The van der Waals surface area contributed by atoms with Crippen LogP contribution in [0.3, 0.4) is 0 Å². The highest BCUT2D eigenvalue weighted by molar-refractivity contribution is 8.76. The van der Waals surface area contributed by atoms with Crippen LogP contribution in [0.4, 0.5) is 0 Å². The number of nitrogens with one attached hydrogen (secondary N) is 1. The van der Waals surface area contributed by atoms with Crippen LogP contribution in [0.1, 0.15) is 6.42 Å². The zero-order valence-corrected chi connectivity index (χ0v) is 9.87. The highest BCUT2D eigenvalue weighted by atomic mass is 33.1. The first-order valence-electron chi connectivity index (χ1n) is 3.96. The Kier molecular flexibility index (Phi) is 5.89. The molecule has 1 amide bonds. The lowest BCUT2D eigenvalue weighted by molar-refractivity contribution is -0.118. The molecule has 0 saturated carbocycles. The minimum Gasteiger partial charge on any atom is -0.303 e. The van der Waals surface area contributed by atoms with Crippen molar-refractivity contribution in [3.05, 3.63) is 24.4 Å². The van der Waals surface area contributed by atoms with Gasteiger partial charge in [0, 0.05) is 18.4 Å². The average molecular weight is 246 g/mol. The quantitative estimate of drug-likeness (QED) is 0.475. The number of hydrogen-bond acceptors (Lipinski definition) is 5. The summed E-state index contributed by atoms with van der Waals surface area (Å²) in [5.74, 6) is 0.704. The molecule has 0 spiro atoms. The van der Waals surface area contributed by atoms with E-state index in [-0.39, 0.29) is 5.91 Å². The molecule has 1 N–H and O–H groups in total. The van der Waals surface area contributed by atoms with Crippen molar-refractivity contribution in [1.82, 2.24) is 9.71 Å². The van der Waals surface area contributed by atoms with Crippen LogP contribution in [0.15, 0.2) is 29.4 Å². The Morgan fingerprint density at radius 3 is 3.07 bits per heavy atom. The molecule has 1 rings (SSSR count). The lowest BCUT2D eigenvalue weighted by atomic mass is 10.5. The predicted octanol–water partition coefficient (Wildman–Crippen LogP) is 2.17. The maximum absolute atomic E-state index is 10.8. The van der Waals surface area contributed by atoms with Gasteiger partial charge in [0.2, 0.25) is 5.91 Å². The Balaban J connectivity index is 2.13. The van der Waals surface area contributed by atoms with E-state index in [1.807, 2.05) is 18.2 Å². The Morgan fingerprint density at radius 2 is 2.43 bits per heavy atom. The second-order valence-electron chi connectivity index (χ2n) is 2.36. The van der Waals surface area contributed by atoms with Crippen molar-refractivity contribution in [2.24, 2.45) is 0 Å². The molecule has 0 aliphatic rings. The number of rotatable bonds is 5. The SMILES string of the molecule is O=C(CCSSc1ccccn1)NS. The normalized spacial score (nSPS) is 9.79. The summed E-state index contributed by atoms with van der Waals surface area (Å²) in [6.45, 7) is 0. The zero-order chi connectivity index (χ0) is 10.2. The lowest BCUT2D eigenvalue weighted by Gasteiger charge is -1.99. The molecule has 0 unspecified atom stereocenters. The molecule has 0 aliphatic heterocycles. The predicted molar refractivity (Wildman–Crippen MR) is 64.3 cm³/mol. The number of carbonyl (C=O) groups excluding carboxylic acids is 1. The summed E-state index contributed by atoms with van der Waals surface area (Å²) in [5, 5.41) is 0.962. The lowest BCUT2D eigenvalue weighted by Crippen LogP contribution is -2.12. The zero-order valence-electron chi connectivity index (χ0n) is 7.34. The van der Waals surface area contributed by atoms with Crippen LogP contribution in [0.5, 0.6) is 0 Å². The third-order valence-electron chi connectivity index (χ3n) is 1.32. The van der Waals surface area contributed by atoms with E-state index in [2.05, 4.69) is 22.5 Å². The molecule has 1 heterocycles. The van der Waals surface area contributed by atoms with Crippen LogP contribution < -0.4 is 4.72 Å². The van der Waals surface area contributed by atoms with Gasteiger partial charge in [-0.15, -0.1) is 0 Å². The number of thiol groups is 1. The van der Waals surface area contributed by atoms with Crippen molar-refractivity contribution >= 4 is 40.3 Å². The van der Waals surface area contributed by atoms with E-state index < -0.39 is 0 Å². The number of pyridine rings is 1. The summed E-state index contributed by atoms with van der Waals surface area (Å²) in [6, 6.07) is 5.76. The molecule has 0 aliphatic carbocycles. The number of amides is 1. The molecule has 0 atom stereocenters. The van der Waals surface area contributed by atoms with Gasteiger partial charge in [0.05, 0.1) is 0 Å². The first kappa shape index (κ1) is 11.7. The van der Waals surface area contributed by atoms with Crippen LogP contribution in [0.2, 0.25) is 0 Å². The number of carbonyl (C=O) groups is 1. The van der Waals surface area contributed by atoms with Crippen molar-refractivity contribution in [3.63, 3.8) is 0 Å². The van der Waals surface area contributed by atoms with Crippen molar-refractivity contribution in [3.8, 4) is 0 Å². The highest BCUT2D eigenvalue weighted by Crippen LogP contribution is 2.29. The van der Waals surface area contributed by atoms with Gasteiger partial charge in [0.15, 0.2) is 0 Å². The second-order valence-corrected chi connectivity index (χ2v) is 5.02. The molecule has 0 bridgehead atoms. The van der Waals surface area contributed by atoms with E-state index >= 15 is 0 Å². The van der Waals surface area contributed by atoms with Crippen molar-refractivity contribution in [2.75, 3.05) is 5.75 Å². The Morgan fingerprint density at radius 1 is 1.57 bits per heavy atom. The second kappa shape index (κ2) is 7.03. The van der Waals surface area contributed by atoms with E-state index in [1.54, 1.807) is 27.8 Å². The fraction of sp³-hybridized carbons (Fsp3) is 0.250. The molecule has 76 valence electrons. The molecule has 0 saturated heterocycles. The van der Waals surface area contributed by atoms with E-state index in [4.69, 9.17) is 0 Å². The minimum absolute atomic E-state index is 0.0533. The summed E-state index contributed by atoms with van der Waals surface area (Å²) < 4.78 is 2.28. The summed E-state index contributed by atoms with van der Waals surface area (Å²) in [6.07, 6.45) is 2.23. The van der Waals surface area contributed by atoms with Crippen molar-refractivity contribution in [1.29, 1.82) is 0 Å². The van der Waals surface area contributed by atoms with Crippen molar-refractivity contribution in [2.45, 2.75) is 11.4 Å². The van der Waals surface area contributed by atoms with Crippen LogP contribution in [0.25, 0.3) is 0 Å². The minimum atomic E-state index is -0.0533. The maximum atomic E-state index is 10.8. The number of nitrogens with zero attached hydrogens (tertiary/aromatic N) is 1. The van der Waals surface area contributed by atoms with Gasteiger partial charge >= 0.3 is 0 Å². The Labute approximate surface area is 96.4 Å². The fourth-order valence-electron chi connectivity index (χ4n) is 0.689. The molecule has 14 heavy (non-hydrogen) atoms. The van der Waals surface area contributed by atoms with Crippen LogP contribution in [-0.4, -0.2) is 16.6 Å². The molecule has 1 aromatic heterocycles. The van der Waals surface area contributed by atoms with Gasteiger partial charge in [-0.05, 0) is 22.9 Å². The van der Waals surface area contributed by atoms with E-state index in [9.17, 15) is 4.79 Å².